The van der Waals surface area contributed by atoms with Gasteiger partial charge in [-0.2, -0.15) is 0 Å². The first-order valence-corrected chi connectivity index (χ1v) is 7.45. The van der Waals surface area contributed by atoms with E-state index in [-0.39, 0.29) is 5.41 Å². The minimum atomic E-state index is -2.41. The number of benzene rings is 1. The van der Waals surface area contributed by atoms with Crippen molar-refractivity contribution < 1.29 is 13.5 Å². The van der Waals surface area contributed by atoms with Crippen LogP contribution < -0.4 is 15.2 Å². The Kier molecular flexibility index (Phi) is 4.07. The van der Waals surface area contributed by atoms with E-state index in [1.165, 1.54) is 0 Å². The number of hydrogen-bond acceptors (Lipinski definition) is 4. The van der Waals surface area contributed by atoms with E-state index in [0.717, 1.165) is 12.8 Å². The smallest absolute Gasteiger partial charge is 0.130 e. The molecule has 2 rings (SSSR count). The summed E-state index contributed by atoms with van der Waals surface area (Å²) >= 11 is -2.41. The van der Waals surface area contributed by atoms with E-state index in [1.54, 1.807) is 18.2 Å². The highest BCUT2D eigenvalue weighted by Crippen LogP contribution is 2.45. The molecule has 2 radical (unpaired) electrons. The zero-order valence-electron chi connectivity index (χ0n) is 10.6. The number of nitrogens with one attached hydrogen (secondary N) is 1. The monoisotopic (exact) mass is 295 g/mol. The van der Waals surface area contributed by atoms with Gasteiger partial charge < -0.3 is 19.7 Å². The fourth-order valence-corrected chi connectivity index (χ4v) is 2.32. The molecule has 0 spiro atoms. The summed E-state index contributed by atoms with van der Waals surface area (Å²) < 4.78 is 29.6. The van der Waals surface area contributed by atoms with Crippen LogP contribution in [0.5, 0.6) is 5.75 Å². The lowest BCUT2D eigenvalue weighted by molar-refractivity contribution is 0.247. The van der Waals surface area contributed by atoms with E-state index >= 15 is 0 Å². The Morgan fingerprint density at radius 2 is 2.32 bits per heavy atom. The zero-order chi connectivity index (χ0) is 14.0. The Labute approximate surface area is 118 Å². The first kappa shape index (κ1) is 14.2. The summed E-state index contributed by atoms with van der Waals surface area (Å²) in [5, 5.41) is 0.324. The van der Waals surface area contributed by atoms with E-state index in [9.17, 15) is 8.76 Å². The normalized spacial score (nSPS) is 17.6. The van der Waals surface area contributed by atoms with Crippen molar-refractivity contribution in [2.75, 3.05) is 11.3 Å². The third kappa shape index (κ3) is 3.65. The fourth-order valence-electron chi connectivity index (χ4n) is 1.71. The maximum atomic E-state index is 10.8. The first-order valence-electron chi connectivity index (χ1n) is 5.87. The second-order valence-electron chi connectivity index (χ2n) is 5.03. The lowest BCUT2D eigenvalue weighted by Crippen LogP contribution is -2.19. The van der Waals surface area contributed by atoms with Gasteiger partial charge in [0.15, 0.2) is 0 Å². The first-order chi connectivity index (χ1) is 8.91. The molecule has 0 aromatic heterocycles. The lowest BCUT2D eigenvalue weighted by atomic mass is 10.1. The van der Waals surface area contributed by atoms with Gasteiger partial charge in [-0.05, 0) is 25.0 Å². The quantitative estimate of drug-likeness (QED) is 0.596. The summed E-state index contributed by atoms with van der Waals surface area (Å²) in [5.74, 6) is 0.566. The minimum Gasteiger partial charge on any atom is -0.755 e. The minimum absolute atomic E-state index is 0.239. The van der Waals surface area contributed by atoms with Crippen molar-refractivity contribution in [3.05, 3.63) is 23.8 Å². The molecule has 1 aromatic rings. The van der Waals surface area contributed by atoms with Gasteiger partial charge in [-0.3, -0.25) is 4.21 Å². The third-order valence-corrected chi connectivity index (χ3v) is 3.81. The van der Waals surface area contributed by atoms with Crippen molar-refractivity contribution in [1.82, 2.24) is 0 Å². The molecule has 19 heavy (non-hydrogen) atoms. The topological polar surface area (TPSA) is 87.4 Å². The number of rotatable bonds is 6. The molecule has 102 valence electrons. The average molecular weight is 295 g/mol. The maximum absolute atomic E-state index is 10.8. The van der Waals surface area contributed by atoms with Crippen LogP contribution in [0.4, 0.5) is 5.69 Å². The van der Waals surface area contributed by atoms with Crippen molar-refractivity contribution in [2.24, 2.45) is 11.1 Å². The number of anilines is 1. The summed E-state index contributed by atoms with van der Waals surface area (Å²) in [6.45, 7) is 2.76. The molecule has 1 fully saturated rings. The van der Waals surface area contributed by atoms with Crippen LogP contribution in [0.25, 0.3) is 0 Å². The molecule has 0 amide bonds. The molecule has 5 nitrogen and oxygen atoms in total. The number of nitrogens with two attached hydrogens (primary N) is 1. The van der Waals surface area contributed by atoms with Gasteiger partial charge in [0.25, 0.3) is 0 Å². The van der Waals surface area contributed by atoms with Crippen LogP contribution in [0.3, 0.4) is 0 Å². The van der Waals surface area contributed by atoms with Gasteiger partial charge in [0.2, 0.25) is 0 Å². The van der Waals surface area contributed by atoms with E-state index in [2.05, 4.69) is 21.5 Å². The fraction of sp³-hybridized carbons (Fsp3) is 0.417. The van der Waals surface area contributed by atoms with Crippen LogP contribution in [-0.2, 0) is 11.3 Å². The predicted molar refractivity (Wildman–Crippen MR) is 75.9 cm³/mol. The van der Waals surface area contributed by atoms with Gasteiger partial charge in [-0.15, -0.1) is 0 Å². The standard InChI is InChI=1S/C12H16N2O3SSi/c1-12(5-6-12)7-17-9-4-2-3-8(14-18(15)16)10(9)11(13)19/h2-4,14H,5-7,13H2,1H3,(H,15,16)/p-1. The van der Waals surface area contributed by atoms with E-state index in [0.29, 0.717) is 28.9 Å². The molecule has 1 aromatic carbocycles. The Morgan fingerprint density at radius 1 is 1.63 bits per heavy atom. The van der Waals surface area contributed by atoms with Gasteiger partial charge in [0.05, 0.1) is 27.7 Å². The Morgan fingerprint density at radius 3 is 2.84 bits per heavy atom. The summed E-state index contributed by atoms with van der Waals surface area (Å²) in [5.41, 5.74) is 6.90. The highest BCUT2D eigenvalue weighted by molar-refractivity contribution is 7.80. The summed E-state index contributed by atoms with van der Waals surface area (Å²) in [6.07, 6.45) is 2.30. The highest BCUT2D eigenvalue weighted by atomic mass is 32.2. The van der Waals surface area contributed by atoms with E-state index < -0.39 is 11.3 Å². The number of hydrogen-bond donors (Lipinski definition) is 2. The van der Waals surface area contributed by atoms with Crippen LogP contribution >= 0.6 is 0 Å². The summed E-state index contributed by atoms with van der Waals surface area (Å²) in [7, 11) is 3.24. The van der Waals surface area contributed by atoms with Gasteiger partial charge in [-0.1, -0.05) is 13.0 Å². The molecule has 1 atom stereocenters. The van der Waals surface area contributed by atoms with Crippen molar-refractivity contribution in [1.29, 1.82) is 0 Å². The van der Waals surface area contributed by atoms with E-state index in [1.807, 2.05) is 0 Å². The molecule has 0 saturated heterocycles. The van der Waals surface area contributed by atoms with Crippen molar-refractivity contribution >= 4 is 32.1 Å². The molecule has 0 aliphatic heterocycles. The molecule has 0 bridgehead atoms. The van der Waals surface area contributed by atoms with Crippen LogP contribution in [-0.4, -0.2) is 30.5 Å². The second kappa shape index (κ2) is 5.44. The number of ether oxygens (including phenoxy) is 1. The highest BCUT2D eigenvalue weighted by Gasteiger charge is 2.38. The molecule has 1 aliphatic carbocycles. The molecular weight excluding hydrogens is 280 g/mol. The van der Waals surface area contributed by atoms with Gasteiger partial charge in [0.1, 0.15) is 5.75 Å². The molecule has 1 aliphatic rings. The third-order valence-electron chi connectivity index (χ3n) is 3.17. The van der Waals surface area contributed by atoms with Crippen LogP contribution in [0.15, 0.2) is 18.2 Å². The molecule has 0 heterocycles. The van der Waals surface area contributed by atoms with Gasteiger partial charge >= 0.3 is 0 Å². The Bertz CT molecular complexity index is 532. The van der Waals surface area contributed by atoms with E-state index in [4.69, 9.17) is 10.5 Å². The summed E-state index contributed by atoms with van der Waals surface area (Å²) in [4.78, 5) is 0. The predicted octanol–water partition coefficient (Wildman–Crippen LogP) is 0.677. The van der Waals surface area contributed by atoms with Gasteiger partial charge in [-0.25, -0.2) is 0 Å². The van der Waals surface area contributed by atoms with Gasteiger partial charge in [0, 0.05) is 22.0 Å². The average Bonchev–Trinajstić information content (AvgIpc) is 3.04. The molecule has 1 unspecified atom stereocenters. The summed E-state index contributed by atoms with van der Waals surface area (Å²) in [6, 6.07) is 5.12. The molecule has 1 saturated carbocycles. The Balaban J connectivity index is 2.25. The second-order valence-corrected chi connectivity index (χ2v) is 6.24. The largest absolute Gasteiger partial charge is 0.755 e. The van der Waals surface area contributed by atoms with Crippen molar-refractivity contribution in [3.8, 4) is 5.75 Å². The maximum Gasteiger partial charge on any atom is 0.130 e. The molecule has 7 heteroatoms. The van der Waals surface area contributed by atoms with Crippen LogP contribution in [0.2, 0.25) is 0 Å². The molecular formula is C12H15N2O3SSi-. The molecule has 3 N–H and O–H groups in total. The Hall–Kier alpha value is -1.18. The lowest BCUT2D eigenvalue weighted by Gasteiger charge is -2.19. The van der Waals surface area contributed by atoms with Crippen LogP contribution in [0.1, 0.15) is 25.3 Å². The zero-order valence-corrected chi connectivity index (χ0v) is 12.4. The van der Waals surface area contributed by atoms with Crippen molar-refractivity contribution in [3.63, 3.8) is 0 Å². The van der Waals surface area contributed by atoms with Crippen LogP contribution in [0, 0.1) is 5.41 Å². The van der Waals surface area contributed by atoms with Crippen molar-refractivity contribution in [2.45, 2.75) is 19.8 Å². The SMILES string of the molecule is CC1(COc2cccc(NS(=O)[O-])c2C(N)=[Si])CC1.